The zero-order valence-corrected chi connectivity index (χ0v) is 14.0. The van der Waals surface area contributed by atoms with Crippen LogP contribution in [0.25, 0.3) is 0 Å². The van der Waals surface area contributed by atoms with Crippen molar-refractivity contribution in [3.8, 4) is 0 Å². The first-order valence-electron chi connectivity index (χ1n) is 7.75. The van der Waals surface area contributed by atoms with E-state index in [1.54, 1.807) is 24.0 Å². The molecular formula is C16H25N3O4. The lowest BCUT2D eigenvalue weighted by molar-refractivity contribution is -0.384. The highest BCUT2D eigenvalue weighted by molar-refractivity contribution is 5.75. The van der Waals surface area contributed by atoms with E-state index < -0.39 is 11.0 Å². The van der Waals surface area contributed by atoms with Crippen LogP contribution in [0.15, 0.2) is 24.3 Å². The van der Waals surface area contributed by atoms with Crippen molar-refractivity contribution in [3.63, 3.8) is 0 Å². The standard InChI is InChI=1S/C16H25N3O4/c1-5-15(13-7-6-8-14(9-13)19(22)23)17-16(21)18(11(2)3)10-12(4)20/h6-9,11-12,15,20H,5,10H2,1-4H3,(H,17,21). The Labute approximate surface area is 136 Å². The molecule has 128 valence electrons. The quantitative estimate of drug-likeness (QED) is 0.595. The van der Waals surface area contributed by atoms with Crippen LogP contribution in [-0.4, -0.2) is 39.7 Å². The number of aliphatic hydroxyl groups excluding tert-OH is 1. The fraction of sp³-hybridized carbons (Fsp3) is 0.562. The highest BCUT2D eigenvalue weighted by Crippen LogP contribution is 2.22. The summed E-state index contributed by atoms with van der Waals surface area (Å²) in [6.45, 7) is 7.50. The van der Waals surface area contributed by atoms with Gasteiger partial charge in [0.2, 0.25) is 0 Å². The molecule has 1 aromatic carbocycles. The molecule has 0 radical (unpaired) electrons. The Morgan fingerprint density at radius 3 is 2.52 bits per heavy atom. The Morgan fingerprint density at radius 1 is 1.39 bits per heavy atom. The summed E-state index contributed by atoms with van der Waals surface area (Å²) in [6, 6.07) is 5.59. The van der Waals surface area contributed by atoms with Gasteiger partial charge in [0.1, 0.15) is 0 Å². The van der Waals surface area contributed by atoms with Gasteiger partial charge in [-0.2, -0.15) is 0 Å². The molecule has 0 bridgehead atoms. The summed E-state index contributed by atoms with van der Waals surface area (Å²) in [6.07, 6.45) is -0.0194. The third-order valence-corrected chi connectivity index (χ3v) is 3.53. The fourth-order valence-corrected chi connectivity index (χ4v) is 2.32. The Balaban J connectivity index is 2.92. The molecule has 23 heavy (non-hydrogen) atoms. The molecule has 0 fully saturated rings. The summed E-state index contributed by atoms with van der Waals surface area (Å²) in [5.74, 6) is 0. The molecule has 7 heteroatoms. The highest BCUT2D eigenvalue weighted by Gasteiger charge is 2.22. The van der Waals surface area contributed by atoms with Gasteiger partial charge in [-0.05, 0) is 32.8 Å². The molecule has 2 atom stereocenters. The van der Waals surface area contributed by atoms with Crippen LogP contribution in [0.1, 0.15) is 45.7 Å². The fourth-order valence-electron chi connectivity index (χ4n) is 2.32. The van der Waals surface area contributed by atoms with Gasteiger partial charge in [-0.25, -0.2) is 4.79 Å². The zero-order valence-electron chi connectivity index (χ0n) is 14.0. The number of nitrogens with zero attached hydrogens (tertiary/aromatic N) is 2. The van der Waals surface area contributed by atoms with Crippen molar-refractivity contribution in [2.75, 3.05) is 6.54 Å². The maximum absolute atomic E-state index is 12.5. The predicted molar refractivity (Wildman–Crippen MR) is 88.2 cm³/mol. The van der Waals surface area contributed by atoms with Crippen LogP contribution in [0.2, 0.25) is 0 Å². The number of aliphatic hydroxyl groups is 1. The van der Waals surface area contributed by atoms with E-state index in [9.17, 15) is 20.0 Å². The SMILES string of the molecule is CCC(NC(=O)N(CC(C)O)C(C)C)c1cccc([N+](=O)[O-])c1. The van der Waals surface area contributed by atoms with Crippen LogP contribution < -0.4 is 5.32 Å². The van der Waals surface area contributed by atoms with Gasteiger partial charge in [0.05, 0.1) is 17.1 Å². The van der Waals surface area contributed by atoms with E-state index in [1.165, 1.54) is 12.1 Å². The first-order valence-corrected chi connectivity index (χ1v) is 7.75. The number of amides is 2. The van der Waals surface area contributed by atoms with E-state index in [1.807, 2.05) is 20.8 Å². The first kappa shape index (κ1) is 18.9. The number of nitrogens with one attached hydrogen (secondary N) is 1. The predicted octanol–water partition coefficient (Wildman–Crippen LogP) is 2.85. The maximum Gasteiger partial charge on any atom is 0.318 e. The number of rotatable bonds is 7. The molecule has 0 aromatic heterocycles. The van der Waals surface area contributed by atoms with Gasteiger partial charge in [0.15, 0.2) is 0 Å². The molecule has 0 spiro atoms. The monoisotopic (exact) mass is 323 g/mol. The van der Waals surface area contributed by atoms with Crippen molar-refractivity contribution in [1.29, 1.82) is 0 Å². The van der Waals surface area contributed by atoms with Crippen molar-refractivity contribution < 1.29 is 14.8 Å². The molecule has 2 unspecified atom stereocenters. The molecule has 0 aliphatic carbocycles. The number of carbonyl (C=O) groups excluding carboxylic acids is 1. The summed E-state index contributed by atoms with van der Waals surface area (Å²) < 4.78 is 0. The zero-order chi connectivity index (χ0) is 17.6. The summed E-state index contributed by atoms with van der Waals surface area (Å²) in [4.78, 5) is 24.4. The Hall–Kier alpha value is -2.15. The van der Waals surface area contributed by atoms with Crippen molar-refractivity contribution in [3.05, 3.63) is 39.9 Å². The average Bonchev–Trinajstić information content (AvgIpc) is 2.49. The molecule has 1 aromatic rings. The minimum atomic E-state index is -0.624. The van der Waals surface area contributed by atoms with Crippen LogP contribution in [0, 0.1) is 10.1 Å². The smallest absolute Gasteiger partial charge is 0.318 e. The molecule has 0 saturated carbocycles. The molecule has 2 N–H and O–H groups in total. The maximum atomic E-state index is 12.5. The van der Waals surface area contributed by atoms with Crippen molar-refractivity contribution in [2.24, 2.45) is 0 Å². The Bertz CT molecular complexity index is 546. The molecule has 0 saturated heterocycles. The first-order chi connectivity index (χ1) is 10.8. The minimum absolute atomic E-state index is 0.0000971. The third-order valence-electron chi connectivity index (χ3n) is 3.53. The largest absolute Gasteiger partial charge is 0.392 e. The van der Waals surface area contributed by atoms with E-state index in [4.69, 9.17) is 0 Å². The Morgan fingerprint density at radius 2 is 2.04 bits per heavy atom. The summed E-state index contributed by atoms with van der Waals surface area (Å²) in [5.41, 5.74) is 0.690. The van der Waals surface area contributed by atoms with Crippen LogP contribution in [0.5, 0.6) is 0 Å². The normalized spacial score (nSPS) is 13.5. The van der Waals surface area contributed by atoms with E-state index in [2.05, 4.69) is 5.32 Å². The summed E-state index contributed by atoms with van der Waals surface area (Å²) in [7, 11) is 0. The second-order valence-corrected chi connectivity index (χ2v) is 5.86. The van der Waals surface area contributed by atoms with Gasteiger partial charge >= 0.3 is 6.03 Å². The van der Waals surface area contributed by atoms with Gasteiger partial charge in [0, 0.05) is 24.7 Å². The molecule has 2 amide bonds. The Kier molecular flexibility index (Phi) is 6.96. The lowest BCUT2D eigenvalue weighted by Gasteiger charge is -2.30. The molecule has 0 aliphatic heterocycles. The number of hydrogen-bond donors (Lipinski definition) is 2. The van der Waals surface area contributed by atoms with E-state index in [0.717, 1.165) is 0 Å². The van der Waals surface area contributed by atoms with Gasteiger partial charge in [-0.1, -0.05) is 19.1 Å². The lowest BCUT2D eigenvalue weighted by atomic mass is 10.0. The summed E-state index contributed by atoms with van der Waals surface area (Å²) >= 11 is 0. The van der Waals surface area contributed by atoms with Gasteiger partial charge in [0.25, 0.3) is 5.69 Å². The van der Waals surface area contributed by atoms with Gasteiger partial charge in [-0.3, -0.25) is 10.1 Å². The van der Waals surface area contributed by atoms with Crippen LogP contribution in [-0.2, 0) is 0 Å². The molecule has 0 aliphatic rings. The average molecular weight is 323 g/mol. The number of urea groups is 1. The molecule has 0 heterocycles. The highest BCUT2D eigenvalue weighted by atomic mass is 16.6. The van der Waals surface area contributed by atoms with Crippen LogP contribution >= 0.6 is 0 Å². The van der Waals surface area contributed by atoms with E-state index in [-0.39, 0.29) is 30.3 Å². The molecule has 1 rings (SSSR count). The van der Waals surface area contributed by atoms with Crippen LogP contribution in [0.4, 0.5) is 10.5 Å². The number of nitro groups is 1. The number of non-ortho nitro benzene ring substituents is 1. The molecular weight excluding hydrogens is 298 g/mol. The van der Waals surface area contributed by atoms with Crippen molar-refractivity contribution in [2.45, 2.75) is 52.3 Å². The third kappa shape index (κ3) is 5.52. The summed E-state index contributed by atoms with van der Waals surface area (Å²) in [5, 5.41) is 23.3. The van der Waals surface area contributed by atoms with E-state index in [0.29, 0.717) is 12.0 Å². The topological polar surface area (TPSA) is 95.7 Å². The van der Waals surface area contributed by atoms with Gasteiger partial charge < -0.3 is 15.3 Å². The van der Waals surface area contributed by atoms with Crippen molar-refractivity contribution in [1.82, 2.24) is 10.2 Å². The number of benzene rings is 1. The van der Waals surface area contributed by atoms with Gasteiger partial charge in [-0.15, -0.1) is 0 Å². The van der Waals surface area contributed by atoms with Crippen molar-refractivity contribution >= 4 is 11.7 Å². The second kappa shape index (κ2) is 8.47. The second-order valence-electron chi connectivity index (χ2n) is 5.86. The molecule has 7 nitrogen and oxygen atoms in total. The lowest BCUT2D eigenvalue weighted by Crippen LogP contribution is -2.47. The van der Waals surface area contributed by atoms with E-state index >= 15 is 0 Å². The number of hydrogen-bond acceptors (Lipinski definition) is 4. The number of carbonyl (C=O) groups is 1. The number of nitro benzene ring substituents is 1. The van der Waals surface area contributed by atoms with Crippen LogP contribution in [0.3, 0.4) is 0 Å². The minimum Gasteiger partial charge on any atom is -0.392 e.